The monoisotopic (exact) mass is 332 g/mol. The molecular weight excluding hydrogens is 316 g/mol. The molecular formula is C21H16O4. The van der Waals surface area contributed by atoms with Gasteiger partial charge in [0, 0.05) is 0 Å². The molecule has 0 amide bonds. The van der Waals surface area contributed by atoms with Crippen LogP contribution in [0.1, 0.15) is 18.1 Å². The molecule has 0 fully saturated rings. The van der Waals surface area contributed by atoms with Gasteiger partial charge in [-0.05, 0) is 29.7 Å². The first kappa shape index (κ1) is 16.5. The van der Waals surface area contributed by atoms with Crippen molar-refractivity contribution in [2.45, 2.75) is 6.92 Å². The Hall–Kier alpha value is -3.40. The van der Waals surface area contributed by atoms with Crippen molar-refractivity contribution >= 4 is 22.7 Å². The molecule has 25 heavy (non-hydrogen) atoms. The Morgan fingerprint density at radius 2 is 1.36 bits per heavy atom. The quantitative estimate of drug-likeness (QED) is 0.833. The number of Topliss-reactive ketones (excluding diaryl/α,β-unsaturated/α-hetero) is 2. The number of hydrogen-bond acceptors (Lipinski definition) is 4. The van der Waals surface area contributed by atoms with Gasteiger partial charge >= 0.3 is 0 Å². The smallest absolute Gasteiger partial charge is 0.232 e. The predicted molar refractivity (Wildman–Crippen MR) is 95.8 cm³/mol. The van der Waals surface area contributed by atoms with Gasteiger partial charge in [-0.15, -0.1) is 0 Å². The lowest BCUT2D eigenvalue weighted by Crippen LogP contribution is -2.22. The Balaban J connectivity index is 2.06. The molecule has 4 nitrogen and oxygen atoms in total. The largest absolute Gasteiger partial charge is 0.504 e. The van der Waals surface area contributed by atoms with Crippen molar-refractivity contribution in [1.29, 1.82) is 0 Å². The summed E-state index contributed by atoms with van der Waals surface area (Å²) in [5.74, 6) is -2.85. The molecule has 4 heteroatoms. The van der Waals surface area contributed by atoms with Crippen LogP contribution in [0, 0.1) is 0 Å². The summed E-state index contributed by atoms with van der Waals surface area (Å²) in [6.07, 6.45) is 1.42. The molecule has 0 unspecified atom stereocenters. The summed E-state index contributed by atoms with van der Waals surface area (Å²) in [4.78, 5) is 25.0. The van der Waals surface area contributed by atoms with Crippen molar-refractivity contribution in [1.82, 2.24) is 0 Å². The molecule has 2 aromatic carbocycles. The van der Waals surface area contributed by atoms with E-state index in [2.05, 4.69) is 0 Å². The van der Waals surface area contributed by atoms with Gasteiger partial charge in [0.25, 0.3) is 0 Å². The molecule has 3 rings (SSSR count). The lowest BCUT2D eigenvalue weighted by Gasteiger charge is -2.17. The minimum absolute atomic E-state index is 0.183. The number of ketones is 2. The average molecular weight is 332 g/mol. The van der Waals surface area contributed by atoms with Gasteiger partial charge in [-0.1, -0.05) is 60.7 Å². The number of carbonyl (C=O) groups excluding carboxylic acids is 2. The van der Waals surface area contributed by atoms with Gasteiger partial charge in [-0.25, -0.2) is 0 Å². The van der Waals surface area contributed by atoms with Crippen LogP contribution in [0.15, 0.2) is 83.8 Å². The van der Waals surface area contributed by atoms with Crippen molar-refractivity contribution in [3.63, 3.8) is 0 Å². The van der Waals surface area contributed by atoms with Crippen molar-refractivity contribution in [2.24, 2.45) is 0 Å². The normalized spacial score (nSPS) is 15.8. The molecule has 0 spiro atoms. The fourth-order valence-electron chi connectivity index (χ4n) is 2.70. The lowest BCUT2D eigenvalue weighted by molar-refractivity contribution is -0.118. The van der Waals surface area contributed by atoms with Crippen LogP contribution < -0.4 is 0 Å². The predicted octanol–water partition coefficient (Wildman–Crippen LogP) is 4.02. The van der Waals surface area contributed by atoms with E-state index in [1.807, 2.05) is 30.3 Å². The highest BCUT2D eigenvalue weighted by Crippen LogP contribution is 2.31. The zero-order valence-electron chi connectivity index (χ0n) is 13.6. The van der Waals surface area contributed by atoms with Crippen LogP contribution >= 0.6 is 0 Å². The topological polar surface area (TPSA) is 74.6 Å². The van der Waals surface area contributed by atoms with Gasteiger partial charge in [0.05, 0.1) is 11.1 Å². The van der Waals surface area contributed by atoms with E-state index in [-0.39, 0.29) is 11.1 Å². The number of hydrogen-bond donors (Lipinski definition) is 2. The third-order valence-electron chi connectivity index (χ3n) is 4.05. The van der Waals surface area contributed by atoms with Crippen molar-refractivity contribution in [3.05, 3.63) is 95.0 Å². The Kier molecular flexibility index (Phi) is 4.35. The number of benzene rings is 2. The molecule has 0 aromatic heterocycles. The third kappa shape index (κ3) is 3.02. The second-order valence-corrected chi connectivity index (χ2v) is 5.70. The molecule has 1 aliphatic rings. The van der Waals surface area contributed by atoms with E-state index in [0.717, 1.165) is 5.56 Å². The summed E-state index contributed by atoms with van der Waals surface area (Å²) in [5, 5.41) is 20.5. The number of carbonyl (C=O) groups is 2. The van der Waals surface area contributed by atoms with E-state index < -0.39 is 23.1 Å². The van der Waals surface area contributed by atoms with Gasteiger partial charge < -0.3 is 10.2 Å². The van der Waals surface area contributed by atoms with Crippen LogP contribution in [0.25, 0.3) is 11.1 Å². The number of rotatable bonds is 3. The number of aliphatic hydroxyl groups is 2. The molecule has 0 atom stereocenters. The van der Waals surface area contributed by atoms with E-state index in [9.17, 15) is 19.8 Å². The second kappa shape index (κ2) is 6.61. The SMILES string of the molecule is C/C(=C\C1=C(O)C(=O)C(c2ccccc2)=C(O)C1=O)c1ccccc1. The number of aliphatic hydroxyl groups excluding tert-OH is 2. The first-order valence-electron chi connectivity index (χ1n) is 7.75. The van der Waals surface area contributed by atoms with E-state index in [0.29, 0.717) is 11.1 Å². The van der Waals surface area contributed by atoms with E-state index in [4.69, 9.17) is 0 Å². The molecule has 124 valence electrons. The van der Waals surface area contributed by atoms with Gasteiger partial charge in [0.15, 0.2) is 11.5 Å². The first-order chi connectivity index (χ1) is 12.0. The Morgan fingerprint density at radius 3 is 1.96 bits per heavy atom. The fraction of sp³-hybridized carbons (Fsp3) is 0.0476. The molecule has 0 bridgehead atoms. The maximum atomic E-state index is 12.5. The second-order valence-electron chi connectivity index (χ2n) is 5.70. The Bertz CT molecular complexity index is 932. The maximum absolute atomic E-state index is 12.5. The van der Waals surface area contributed by atoms with E-state index >= 15 is 0 Å². The van der Waals surface area contributed by atoms with Crippen LogP contribution in [-0.4, -0.2) is 21.8 Å². The molecule has 2 aromatic rings. The van der Waals surface area contributed by atoms with Crippen LogP contribution in [0.2, 0.25) is 0 Å². The molecule has 0 saturated heterocycles. The first-order valence-corrected chi connectivity index (χ1v) is 7.75. The van der Waals surface area contributed by atoms with Gasteiger partial charge in [-0.2, -0.15) is 0 Å². The summed E-state index contributed by atoms with van der Waals surface area (Å²) in [7, 11) is 0. The van der Waals surface area contributed by atoms with E-state index in [1.165, 1.54) is 6.08 Å². The van der Waals surface area contributed by atoms with Crippen LogP contribution in [0.3, 0.4) is 0 Å². The minimum atomic E-state index is -0.772. The lowest BCUT2D eigenvalue weighted by atomic mass is 9.88. The van der Waals surface area contributed by atoms with Gasteiger partial charge in [0.2, 0.25) is 11.6 Å². The minimum Gasteiger partial charge on any atom is -0.504 e. The summed E-state index contributed by atoms with van der Waals surface area (Å²) >= 11 is 0. The maximum Gasteiger partial charge on any atom is 0.232 e. The molecule has 2 N–H and O–H groups in total. The molecule has 1 aliphatic carbocycles. The Morgan fingerprint density at radius 1 is 0.800 bits per heavy atom. The summed E-state index contributed by atoms with van der Waals surface area (Å²) in [6.45, 7) is 1.76. The van der Waals surface area contributed by atoms with Crippen molar-refractivity contribution < 1.29 is 19.8 Å². The third-order valence-corrected chi connectivity index (χ3v) is 4.05. The summed E-state index contributed by atoms with van der Waals surface area (Å²) < 4.78 is 0. The Labute approximate surface area is 145 Å². The standard InChI is InChI=1S/C21H16O4/c1-13(14-8-4-2-5-9-14)12-16-18(22)20(24)17(21(25)19(16)23)15-10-6-3-7-11-15/h2-12,22,25H,1H3/b13-12+. The van der Waals surface area contributed by atoms with Crippen LogP contribution in [0.5, 0.6) is 0 Å². The summed E-state index contributed by atoms with van der Waals surface area (Å²) in [5.41, 5.74) is 1.54. The summed E-state index contributed by atoms with van der Waals surface area (Å²) in [6, 6.07) is 17.6. The van der Waals surface area contributed by atoms with Crippen LogP contribution in [-0.2, 0) is 9.59 Å². The van der Waals surface area contributed by atoms with Gasteiger partial charge in [-0.3, -0.25) is 9.59 Å². The highest BCUT2D eigenvalue weighted by atomic mass is 16.3. The van der Waals surface area contributed by atoms with E-state index in [1.54, 1.807) is 37.3 Å². The zero-order valence-corrected chi connectivity index (χ0v) is 13.6. The molecule has 0 heterocycles. The average Bonchev–Trinajstić information content (AvgIpc) is 2.65. The van der Waals surface area contributed by atoms with Gasteiger partial charge in [0.1, 0.15) is 0 Å². The van der Waals surface area contributed by atoms with Crippen molar-refractivity contribution in [2.75, 3.05) is 0 Å². The fourth-order valence-corrected chi connectivity index (χ4v) is 2.70. The highest BCUT2D eigenvalue weighted by Gasteiger charge is 2.34. The number of allylic oxidation sites excluding steroid dienone is 4. The van der Waals surface area contributed by atoms with Crippen LogP contribution in [0.4, 0.5) is 0 Å². The highest BCUT2D eigenvalue weighted by molar-refractivity contribution is 6.38. The molecule has 0 aliphatic heterocycles. The zero-order chi connectivity index (χ0) is 18.0. The molecule has 0 radical (unpaired) electrons. The van der Waals surface area contributed by atoms with Crippen molar-refractivity contribution in [3.8, 4) is 0 Å². The molecule has 0 saturated carbocycles.